The molecule has 0 radical (unpaired) electrons. The zero-order valence-electron chi connectivity index (χ0n) is 11.2. The van der Waals surface area contributed by atoms with Crippen LogP contribution in [0.4, 0.5) is 0 Å². The minimum absolute atomic E-state index is 0.394. The van der Waals surface area contributed by atoms with Gasteiger partial charge in [-0.05, 0) is 12.5 Å². The van der Waals surface area contributed by atoms with E-state index in [0.717, 1.165) is 5.17 Å². The summed E-state index contributed by atoms with van der Waals surface area (Å²) < 4.78 is 5.70. The van der Waals surface area contributed by atoms with Gasteiger partial charge in [0.15, 0.2) is 5.17 Å². The van der Waals surface area contributed by atoms with Crippen molar-refractivity contribution < 1.29 is 20.1 Å². The molecule has 7 heteroatoms. The van der Waals surface area contributed by atoms with Crippen LogP contribution in [-0.4, -0.2) is 75.4 Å². The van der Waals surface area contributed by atoms with Crippen molar-refractivity contribution in [1.82, 2.24) is 4.90 Å². The number of hydrogen-bond acceptors (Lipinski definition) is 7. The van der Waals surface area contributed by atoms with Gasteiger partial charge in [0, 0.05) is 14.1 Å². The smallest absolute Gasteiger partial charge is 0.161 e. The Kier molecular flexibility index (Phi) is 4.22. The Balaban J connectivity index is 2.17. The molecule has 19 heavy (non-hydrogen) atoms. The van der Waals surface area contributed by atoms with Gasteiger partial charge in [-0.3, -0.25) is 4.99 Å². The van der Waals surface area contributed by atoms with E-state index in [0.29, 0.717) is 5.57 Å². The lowest BCUT2D eigenvalue weighted by Gasteiger charge is -2.40. The van der Waals surface area contributed by atoms with Crippen LogP contribution in [0.3, 0.4) is 0 Å². The first-order chi connectivity index (χ1) is 8.82. The summed E-state index contributed by atoms with van der Waals surface area (Å²) in [5.74, 6) is 0. The van der Waals surface area contributed by atoms with Gasteiger partial charge in [0.2, 0.25) is 0 Å². The zero-order chi connectivity index (χ0) is 14.3. The Bertz CT molecular complexity index is 401. The van der Waals surface area contributed by atoms with Gasteiger partial charge < -0.3 is 25.0 Å². The first-order valence-corrected chi connectivity index (χ1v) is 6.97. The molecule has 0 aliphatic carbocycles. The third-order valence-corrected chi connectivity index (χ3v) is 4.59. The molecule has 0 aromatic rings. The fraction of sp³-hybridized carbons (Fsp3) is 0.750. The molecule has 2 heterocycles. The maximum Gasteiger partial charge on any atom is 0.161 e. The Morgan fingerprint density at radius 3 is 2.58 bits per heavy atom. The third-order valence-electron chi connectivity index (χ3n) is 3.29. The van der Waals surface area contributed by atoms with E-state index in [1.54, 1.807) is 6.92 Å². The minimum atomic E-state index is -1.18. The molecule has 0 amide bonds. The van der Waals surface area contributed by atoms with Crippen LogP contribution in [-0.2, 0) is 4.74 Å². The topological polar surface area (TPSA) is 85.5 Å². The fourth-order valence-electron chi connectivity index (χ4n) is 2.13. The van der Waals surface area contributed by atoms with Crippen molar-refractivity contribution in [3.8, 4) is 0 Å². The summed E-state index contributed by atoms with van der Waals surface area (Å²) >= 11 is 1.38. The van der Waals surface area contributed by atoms with Crippen molar-refractivity contribution in [3.05, 3.63) is 12.2 Å². The zero-order valence-corrected chi connectivity index (χ0v) is 12.0. The Hall–Kier alpha value is -0.600. The van der Waals surface area contributed by atoms with Gasteiger partial charge in [0.05, 0.1) is 0 Å². The predicted molar refractivity (Wildman–Crippen MR) is 74.0 cm³/mol. The highest BCUT2D eigenvalue weighted by molar-refractivity contribution is 8.14. The van der Waals surface area contributed by atoms with Gasteiger partial charge in [-0.2, -0.15) is 0 Å². The summed E-state index contributed by atoms with van der Waals surface area (Å²) in [5, 5.41) is 30.9. The fourth-order valence-corrected chi connectivity index (χ4v) is 3.28. The van der Waals surface area contributed by atoms with E-state index in [4.69, 9.17) is 4.74 Å². The van der Waals surface area contributed by atoms with Crippen molar-refractivity contribution in [2.24, 2.45) is 4.99 Å². The Morgan fingerprint density at radius 1 is 1.42 bits per heavy atom. The van der Waals surface area contributed by atoms with Crippen LogP contribution in [0.5, 0.6) is 0 Å². The van der Waals surface area contributed by atoms with E-state index in [1.807, 2.05) is 19.0 Å². The van der Waals surface area contributed by atoms with Crippen LogP contribution in [0.25, 0.3) is 0 Å². The highest BCUT2D eigenvalue weighted by Crippen LogP contribution is 2.38. The van der Waals surface area contributed by atoms with Gasteiger partial charge in [0.25, 0.3) is 0 Å². The van der Waals surface area contributed by atoms with Crippen LogP contribution in [0, 0.1) is 0 Å². The van der Waals surface area contributed by atoms with Crippen LogP contribution >= 0.6 is 11.8 Å². The molecule has 1 unspecified atom stereocenters. The number of rotatable bonds is 2. The molecule has 108 valence electrons. The normalized spacial score (nSPS) is 39.5. The quantitative estimate of drug-likeness (QED) is 0.589. The molecule has 0 aromatic carbocycles. The highest BCUT2D eigenvalue weighted by Gasteiger charge is 2.50. The summed E-state index contributed by atoms with van der Waals surface area (Å²) in [6.07, 6.45) is -4.12. The molecule has 2 aliphatic rings. The number of amidine groups is 1. The van der Waals surface area contributed by atoms with Crippen molar-refractivity contribution in [2.45, 2.75) is 42.8 Å². The lowest BCUT2D eigenvalue weighted by Crippen LogP contribution is -2.58. The highest BCUT2D eigenvalue weighted by atomic mass is 32.2. The second-order valence-electron chi connectivity index (χ2n) is 5.16. The van der Waals surface area contributed by atoms with Crippen molar-refractivity contribution in [2.75, 3.05) is 14.1 Å². The molecule has 2 aliphatic heterocycles. The van der Waals surface area contributed by atoms with Crippen LogP contribution < -0.4 is 0 Å². The largest absolute Gasteiger partial charge is 0.388 e. The Labute approximate surface area is 116 Å². The van der Waals surface area contributed by atoms with E-state index in [9.17, 15) is 15.3 Å². The first kappa shape index (κ1) is 14.8. The lowest BCUT2D eigenvalue weighted by molar-refractivity contribution is -0.178. The van der Waals surface area contributed by atoms with E-state index in [-0.39, 0.29) is 0 Å². The molecule has 1 saturated heterocycles. The van der Waals surface area contributed by atoms with Gasteiger partial charge in [0.1, 0.15) is 35.9 Å². The number of nitrogens with zero attached hydrogens (tertiary/aromatic N) is 2. The van der Waals surface area contributed by atoms with Gasteiger partial charge in [-0.15, -0.1) is 0 Å². The summed E-state index contributed by atoms with van der Waals surface area (Å²) in [7, 11) is 3.71. The van der Waals surface area contributed by atoms with Gasteiger partial charge in [-0.25, -0.2) is 0 Å². The van der Waals surface area contributed by atoms with Crippen molar-refractivity contribution in [1.29, 1.82) is 0 Å². The summed E-state index contributed by atoms with van der Waals surface area (Å²) in [5.41, 5.74) is 0.0984. The van der Waals surface area contributed by atoms with Gasteiger partial charge >= 0.3 is 0 Å². The molecule has 0 bridgehead atoms. The maximum atomic E-state index is 10.1. The number of aliphatic hydroxyl groups excluding tert-OH is 3. The predicted octanol–water partition coefficient (Wildman–Crippen LogP) is -0.597. The number of ether oxygens (including phenoxy) is 1. The molecule has 0 aromatic heterocycles. The summed E-state index contributed by atoms with van der Waals surface area (Å²) in [6, 6.07) is -0.508. The summed E-state index contributed by atoms with van der Waals surface area (Å²) in [4.78, 5) is 6.18. The summed E-state index contributed by atoms with van der Waals surface area (Å²) in [6.45, 7) is 5.31. The number of thioether (sulfide) groups is 1. The molecular weight excluding hydrogens is 268 g/mol. The first-order valence-electron chi connectivity index (χ1n) is 6.09. The van der Waals surface area contributed by atoms with Crippen molar-refractivity contribution >= 4 is 16.9 Å². The minimum Gasteiger partial charge on any atom is -0.388 e. The van der Waals surface area contributed by atoms with E-state index in [1.165, 1.54) is 11.8 Å². The molecule has 0 saturated carbocycles. The average Bonchev–Trinajstić information content (AvgIpc) is 2.77. The van der Waals surface area contributed by atoms with E-state index < -0.39 is 35.9 Å². The van der Waals surface area contributed by atoms with Crippen LogP contribution in [0.1, 0.15) is 6.92 Å². The van der Waals surface area contributed by atoms with Crippen LogP contribution in [0.2, 0.25) is 0 Å². The number of hydrogen-bond donors (Lipinski definition) is 3. The second kappa shape index (κ2) is 5.41. The molecular formula is C12H20N2O4S. The average molecular weight is 288 g/mol. The lowest BCUT2D eigenvalue weighted by atomic mass is 9.92. The monoisotopic (exact) mass is 288 g/mol. The standard InChI is InChI=1S/C12H20N2O4S/c1-5(2)7(15)10-9(17)8(16)6-11(18-10)19-12(13-6)14(3)4/h6-11,15-17H,1H2,2-4H3/t6-,7?,8-,9+,10-,11-/m1/s1. The van der Waals surface area contributed by atoms with Gasteiger partial charge in [-0.1, -0.05) is 18.3 Å². The van der Waals surface area contributed by atoms with Crippen LogP contribution in [0.15, 0.2) is 17.1 Å². The van der Waals surface area contributed by atoms with Crippen molar-refractivity contribution in [3.63, 3.8) is 0 Å². The molecule has 3 N–H and O–H groups in total. The van der Waals surface area contributed by atoms with E-state index >= 15 is 0 Å². The second-order valence-corrected chi connectivity index (χ2v) is 6.22. The van der Waals surface area contributed by atoms with E-state index in [2.05, 4.69) is 11.6 Å². The number of aliphatic hydroxyl groups is 3. The molecule has 2 rings (SSSR count). The Morgan fingerprint density at radius 2 is 2.05 bits per heavy atom. The molecule has 6 atom stereocenters. The maximum absolute atomic E-state index is 10.1. The molecule has 1 fully saturated rings. The molecule has 0 spiro atoms. The number of fused-ring (bicyclic) bond motifs is 1. The number of aliphatic imine (C=N–C) groups is 1. The SMILES string of the molecule is C=C(C)C(O)[C@H]1O[C@@H]2SC(N(C)C)=N[C@@H]2[C@@H](O)[C@@H]1O. The molecule has 6 nitrogen and oxygen atoms in total. The third kappa shape index (κ3) is 2.66.